The zero-order chi connectivity index (χ0) is 29.9. The largest absolute Gasteiger partial charge is 0.480 e. The van der Waals surface area contributed by atoms with Crippen molar-refractivity contribution in [2.24, 2.45) is 5.92 Å². The zero-order valence-corrected chi connectivity index (χ0v) is 25.9. The van der Waals surface area contributed by atoms with Gasteiger partial charge in [0.1, 0.15) is 15.9 Å². The molecule has 1 atom stereocenters. The maximum Gasteiger partial charge on any atom is 0.326 e. The van der Waals surface area contributed by atoms with Crippen molar-refractivity contribution in [3.63, 3.8) is 0 Å². The lowest BCUT2D eigenvalue weighted by atomic mass is 9.67. The van der Waals surface area contributed by atoms with Gasteiger partial charge in [0.05, 0.1) is 5.75 Å². The second kappa shape index (κ2) is 12.9. The first-order chi connectivity index (χ1) is 20.0. The molecule has 228 valence electrons. The monoisotopic (exact) mass is 594 g/mol. The number of rotatable bonds is 13. The van der Waals surface area contributed by atoms with Crippen LogP contribution in [0.25, 0.3) is 11.1 Å². The van der Waals surface area contributed by atoms with E-state index in [1.165, 1.54) is 76.2 Å². The van der Waals surface area contributed by atoms with Gasteiger partial charge in [0.15, 0.2) is 0 Å². The average Bonchev–Trinajstić information content (AvgIpc) is 3.77. The highest BCUT2D eigenvalue weighted by Crippen LogP contribution is 2.50. The third-order valence-corrected chi connectivity index (χ3v) is 10.7. The molecule has 3 aliphatic carbocycles. The lowest BCUT2D eigenvalue weighted by Gasteiger charge is -2.53. The molecule has 0 spiro atoms. The van der Waals surface area contributed by atoms with Gasteiger partial charge in [0, 0.05) is 29.9 Å². The van der Waals surface area contributed by atoms with Gasteiger partial charge in [-0.2, -0.15) is 0 Å². The lowest BCUT2D eigenvalue weighted by molar-refractivity contribution is -0.139. The van der Waals surface area contributed by atoms with E-state index in [-0.39, 0.29) is 17.7 Å². The standard InChI is InChI=1S/C34H46N2O5S/c1-24-9-6-7-12-28(24)30-21-26(13-16-29(30)32(37)35-31(33(38)39)17-20-42(2,40)41)23-36(27-14-15-27)34(18-8-19-34)22-25-10-4-3-5-11-25/h6-7,9,12-13,16,21,25,27,31H,3-5,8,10-11,14-15,17-20,22-23H2,1-2H3,(H,35,37)(H,38,39)/t31-/m0/s1. The quantitative estimate of drug-likeness (QED) is 0.289. The van der Waals surface area contributed by atoms with E-state index in [0.29, 0.717) is 11.6 Å². The molecule has 3 saturated carbocycles. The highest BCUT2D eigenvalue weighted by atomic mass is 32.2. The normalized spacial score (nSPS) is 19.7. The predicted molar refractivity (Wildman–Crippen MR) is 166 cm³/mol. The van der Waals surface area contributed by atoms with Crippen LogP contribution in [0.5, 0.6) is 0 Å². The van der Waals surface area contributed by atoms with E-state index in [1.807, 2.05) is 43.3 Å². The SMILES string of the molecule is Cc1ccccc1-c1cc(CN(C2CC2)C2(CC3CCCCC3)CCC2)ccc1C(=O)N[C@@H](CCS(C)(=O)=O)C(=O)O. The van der Waals surface area contributed by atoms with Crippen LogP contribution in [-0.4, -0.2) is 59.9 Å². The molecular weight excluding hydrogens is 548 g/mol. The van der Waals surface area contributed by atoms with E-state index in [0.717, 1.165) is 35.4 Å². The van der Waals surface area contributed by atoms with Crippen molar-refractivity contribution >= 4 is 21.7 Å². The van der Waals surface area contributed by atoms with Crippen LogP contribution in [0.2, 0.25) is 0 Å². The first-order valence-corrected chi connectivity index (χ1v) is 17.8. The third-order valence-electron chi connectivity index (χ3n) is 9.77. The number of sulfone groups is 1. The fraction of sp³-hybridized carbons (Fsp3) is 0.588. The Morgan fingerprint density at radius 3 is 2.31 bits per heavy atom. The van der Waals surface area contributed by atoms with E-state index in [4.69, 9.17) is 0 Å². The highest BCUT2D eigenvalue weighted by molar-refractivity contribution is 7.90. The minimum atomic E-state index is -3.37. The number of nitrogens with one attached hydrogen (secondary N) is 1. The molecule has 8 heteroatoms. The van der Waals surface area contributed by atoms with Gasteiger partial charge < -0.3 is 10.4 Å². The maximum absolute atomic E-state index is 13.5. The number of aliphatic carboxylic acids is 1. The van der Waals surface area contributed by atoms with Crippen molar-refractivity contribution in [3.05, 3.63) is 59.2 Å². The molecule has 0 saturated heterocycles. The van der Waals surface area contributed by atoms with E-state index < -0.39 is 27.8 Å². The van der Waals surface area contributed by atoms with Crippen molar-refractivity contribution in [2.75, 3.05) is 12.0 Å². The van der Waals surface area contributed by atoms with Crippen LogP contribution in [0.1, 0.15) is 98.5 Å². The first kappa shape index (κ1) is 30.7. The lowest BCUT2D eigenvalue weighted by Crippen LogP contribution is -2.55. The third kappa shape index (κ3) is 7.43. The zero-order valence-electron chi connectivity index (χ0n) is 25.1. The molecule has 7 nitrogen and oxygen atoms in total. The van der Waals surface area contributed by atoms with Gasteiger partial charge in [0.2, 0.25) is 0 Å². The number of carboxylic acid groups (broad SMARTS) is 1. The molecule has 2 aromatic carbocycles. The van der Waals surface area contributed by atoms with Gasteiger partial charge in [-0.3, -0.25) is 9.69 Å². The minimum absolute atomic E-state index is 0.183. The summed E-state index contributed by atoms with van der Waals surface area (Å²) in [5.41, 5.74) is 4.60. The molecule has 0 heterocycles. The van der Waals surface area contributed by atoms with Gasteiger partial charge in [-0.25, -0.2) is 13.2 Å². The second-order valence-corrected chi connectivity index (χ2v) is 15.4. The van der Waals surface area contributed by atoms with Gasteiger partial charge in [-0.05, 0) is 92.2 Å². The molecule has 2 N–H and O–H groups in total. The van der Waals surface area contributed by atoms with E-state index >= 15 is 0 Å². The molecule has 0 aromatic heterocycles. The number of carbonyl (C=O) groups is 2. The van der Waals surface area contributed by atoms with Crippen molar-refractivity contribution < 1.29 is 23.1 Å². The average molecular weight is 595 g/mol. The van der Waals surface area contributed by atoms with Crippen LogP contribution < -0.4 is 5.32 Å². The summed E-state index contributed by atoms with van der Waals surface area (Å²) in [5.74, 6) is -1.23. The fourth-order valence-corrected chi connectivity index (χ4v) is 7.86. The van der Waals surface area contributed by atoms with E-state index in [1.54, 1.807) is 0 Å². The van der Waals surface area contributed by atoms with Gasteiger partial charge in [-0.15, -0.1) is 0 Å². The molecule has 3 fully saturated rings. The van der Waals surface area contributed by atoms with Crippen LogP contribution in [0.4, 0.5) is 0 Å². The van der Waals surface area contributed by atoms with Gasteiger partial charge >= 0.3 is 5.97 Å². The summed E-state index contributed by atoms with van der Waals surface area (Å²) in [6.45, 7) is 2.87. The Morgan fingerprint density at radius 2 is 1.71 bits per heavy atom. The first-order valence-electron chi connectivity index (χ1n) is 15.7. The molecule has 3 aliphatic rings. The van der Waals surface area contributed by atoms with E-state index in [2.05, 4.69) is 16.3 Å². The molecule has 2 aromatic rings. The Kier molecular flexibility index (Phi) is 9.43. The van der Waals surface area contributed by atoms with E-state index in [9.17, 15) is 23.1 Å². The summed E-state index contributed by atoms with van der Waals surface area (Å²) < 4.78 is 23.3. The molecule has 0 bridgehead atoms. The highest BCUT2D eigenvalue weighted by Gasteiger charge is 2.48. The predicted octanol–water partition coefficient (Wildman–Crippen LogP) is 6.14. The summed E-state index contributed by atoms with van der Waals surface area (Å²) in [7, 11) is -3.37. The summed E-state index contributed by atoms with van der Waals surface area (Å²) in [6.07, 6.45) is 15.4. The van der Waals surface area contributed by atoms with Gasteiger partial charge in [-0.1, -0.05) is 62.4 Å². The summed E-state index contributed by atoms with van der Waals surface area (Å²) >= 11 is 0. The van der Waals surface area contributed by atoms with Crippen molar-refractivity contribution in [1.29, 1.82) is 0 Å². The smallest absolute Gasteiger partial charge is 0.326 e. The Hall–Kier alpha value is -2.71. The van der Waals surface area contributed by atoms with Crippen LogP contribution >= 0.6 is 0 Å². The van der Waals surface area contributed by atoms with Crippen LogP contribution in [0, 0.1) is 12.8 Å². The molecule has 0 aliphatic heterocycles. The van der Waals surface area contributed by atoms with Crippen molar-refractivity contribution in [3.8, 4) is 11.1 Å². The Morgan fingerprint density at radius 1 is 1.00 bits per heavy atom. The molecular formula is C34H46N2O5S. The number of amides is 1. The molecule has 0 radical (unpaired) electrons. The Balaban J connectivity index is 1.43. The Bertz CT molecular complexity index is 1390. The van der Waals surface area contributed by atoms with Crippen molar-refractivity contribution in [2.45, 2.75) is 108 Å². The topological polar surface area (TPSA) is 104 Å². The number of nitrogens with zero attached hydrogens (tertiary/aromatic N) is 1. The number of aryl methyl sites for hydroxylation is 1. The summed E-state index contributed by atoms with van der Waals surface area (Å²) in [5, 5.41) is 12.3. The number of carbonyl (C=O) groups excluding carboxylic acids is 1. The summed E-state index contributed by atoms with van der Waals surface area (Å²) in [6, 6.07) is 13.2. The molecule has 0 unspecified atom stereocenters. The fourth-order valence-electron chi connectivity index (χ4n) is 7.20. The summed E-state index contributed by atoms with van der Waals surface area (Å²) in [4.78, 5) is 28.2. The number of hydrogen-bond acceptors (Lipinski definition) is 5. The molecule has 1 amide bonds. The van der Waals surface area contributed by atoms with Crippen LogP contribution in [-0.2, 0) is 21.2 Å². The number of hydrogen-bond donors (Lipinski definition) is 2. The van der Waals surface area contributed by atoms with Gasteiger partial charge in [0.25, 0.3) is 5.91 Å². The van der Waals surface area contributed by atoms with Crippen LogP contribution in [0.15, 0.2) is 42.5 Å². The second-order valence-electron chi connectivity index (χ2n) is 13.1. The number of carboxylic acids is 1. The van der Waals surface area contributed by atoms with Crippen molar-refractivity contribution in [1.82, 2.24) is 10.2 Å². The minimum Gasteiger partial charge on any atom is -0.480 e. The molecule has 5 rings (SSSR count). The Labute approximate surface area is 251 Å². The number of benzene rings is 2. The van der Waals surface area contributed by atoms with Crippen LogP contribution in [0.3, 0.4) is 0 Å². The maximum atomic E-state index is 13.5. The molecule has 42 heavy (non-hydrogen) atoms.